The molecular weight excluding hydrogens is 249 g/mol. The van der Waals surface area contributed by atoms with Crippen molar-refractivity contribution in [1.82, 2.24) is 9.97 Å². The van der Waals surface area contributed by atoms with Gasteiger partial charge in [0.2, 0.25) is 0 Å². The number of hydrogen-bond acceptors (Lipinski definition) is 1. The Morgan fingerprint density at radius 2 is 1.57 bits per heavy atom. The van der Waals surface area contributed by atoms with Gasteiger partial charge in [-0.25, -0.2) is 4.98 Å². The van der Waals surface area contributed by atoms with Crippen LogP contribution in [0.5, 0.6) is 0 Å². The number of aromatic nitrogens is 2. The minimum Gasteiger partial charge on any atom is -0.0149 e. The molecule has 1 N–H and O–H groups in total. The van der Waals surface area contributed by atoms with E-state index >= 15 is 0 Å². The summed E-state index contributed by atoms with van der Waals surface area (Å²) in [5.41, 5.74) is 0. The maximum atomic E-state index is 9.87. The summed E-state index contributed by atoms with van der Waals surface area (Å²) in [4.78, 5) is 6.75. The molecule has 1 aromatic heterocycles. The largest absolute Gasteiger partial charge is 1.00 e. The van der Waals surface area contributed by atoms with Gasteiger partial charge in [-0.2, -0.15) is 0 Å². The Balaban J connectivity index is -0.000000170. The molecule has 1 aromatic rings. The first-order valence-corrected chi connectivity index (χ1v) is 4.90. The molecule has 14 heavy (non-hydrogen) atoms. The van der Waals surface area contributed by atoms with Crippen molar-refractivity contribution in [3.05, 3.63) is 18.2 Å². The zero-order valence-corrected chi connectivity index (χ0v) is 7.21. The number of nitrogens with zero attached hydrogens (tertiary/aromatic N) is 1. The second-order valence-electron chi connectivity index (χ2n) is 2.13. The standard InChI is InChI=1S/C4H6N2.F6P.H4Si/c1-4-5-2-3-6-4;1-7(2,3,4,5)6;/h2-3H,1H3,(H,5,6);;1H4/q;-1;/p+1. The fourth-order valence-corrected chi connectivity index (χ4v) is 0.344. The van der Waals surface area contributed by atoms with Crippen LogP contribution in [0, 0.1) is 6.92 Å². The van der Waals surface area contributed by atoms with Crippen LogP contribution >= 0.6 is 7.81 Å². The summed E-state index contributed by atoms with van der Waals surface area (Å²) >= 11 is 0. The van der Waals surface area contributed by atoms with E-state index in [1.54, 1.807) is 12.4 Å². The Bertz CT molecular complexity index is 257. The number of nitrogens with one attached hydrogen (secondary N) is 1. The van der Waals surface area contributed by atoms with Gasteiger partial charge >= 0.3 is 34.4 Å². The maximum Gasteiger partial charge on any atom is 1.00 e. The van der Waals surface area contributed by atoms with Gasteiger partial charge in [0.1, 0.15) is 5.82 Å². The molecule has 0 unspecified atom stereocenters. The molecule has 88 valence electrons. The molecule has 0 fully saturated rings. The quantitative estimate of drug-likeness (QED) is 0.433. The number of rotatable bonds is 0. The third kappa shape index (κ3) is 30.1. The summed E-state index contributed by atoms with van der Waals surface area (Å²) in [6, 6.07) is 0. The second-order valence-corrected chi connectivity index (χ2v) is 4.05. The molecule has 10 heteroatoms. The summed E-state index contributed by atoms with van der Waals surface area (Å²) in [6.45, 7) is 1.92. The van der Waals surface area contributed by atoms with Gasteiger partial charge in [-0.3, -0.25) is 0 Å². The number of imidazole rings is 1. The predicted octanol–water partition coefficient (Wildman–Crippen LogP) is 2.76. The summed E-state index contributed by atoms with van der Waals surface area (Å²) in [6.07, 6.45) is 3.53. The van der Waals surface area contributed by atoms with Gasteiger partial charge in [0.25, 0.3) is 0 Å². The van der Waals surface area contributed by atoms with E-state index in [1.165, 1.54) is 0 Å². The maximum absolute atomic E-state index is 10.7. The third-order valence-electron chi connectivity index (χ3n) is 0.635. The van der Waals surface area contributed by atoms with Gasteiger partial charge in [-0.05, 0) is 17.9 Å². The Hall–Kier alpha value is -0.563. The van der Waals surface area contributed by atoms with Gasteiger partial charge in [0.05, 0.1) is 0 Å². The minimum atomic E-state index is -10.7. The Morgan fingerprint density at radius 1 is 1.21 bits per heavy atom. The summed E-state index contributed by atoms with van der Waals surface area (Å²) < 4.78 is 59.2. The molecule has 0 radical (unpaired) electrons. The Kier molecular flexibility index (Phi) is 4.02. The average Bonchev–Trinajstić information content (AvgIpc) is 2.07. The first kappa shape index (κ1) is 15.9. The predicted molar refractivity (Wildman–Crippen MR) is 49.3 cm³/mol. The summed E-state index contributed by atoms with van der Waals surface area (Å²) in [7, 11) is -10.7. The molecule has 0 amide bonds. The van der Waals surface area contributed by atoms with Crippen LogP contribution in [0.25, 0.3) is 0 Å². The SMILES string of the molecule is Cc1ncc[nH]1.F[P-](F)(F)(F)(F)F.[H+].[SiH4]. The Labute approximate surface area is 81.5 Å². The van der Waals surface area contributed by atoms with Crippen LogP contribution in [0.3, 0.4) is 0 Å². The van der Waals surface area contributed by atoms with Gasteiger partial charge in [-0.15, -0.1) is 0 Å². The topological polar surface area (TPSA) is 28.7 Å². The van der Waals surface area contributed by atoms with Crippen molar-refractivity contribution in [2.75, 3.05) is 0 Å². The fourth-order valence-electron chi connectivity index (χ4n) is 0.344. The first-order chi connectivity index (χ1) is 5.34. The monoisotopic (exact) mass is 260 g/mol. The molecule has 0 atom stereocenters. The van der Waals surface area contributed by atoms with Crippen LogP contribution in [0.4, 0.5) is 25.2 Å². The van der Waals surface area contributed by atoms with Crippen molar-refractivity contribution in [3.63, 3.8) is 0 Å². The van der Waals surface area contributed by atoms with E-state index < -0.39 is 7.81 Å². The molecular formula is C4H11F6N2PSi. The van der Waals surface area contributed by atoms with E-state index in [0.717, 1.165) is 5.82 Å². The van der Waals surface area contributed by atoms with Crippen LogP contribution < -0.4 is 0 Å². The molecule has 0 bridgehead atoms. The first-order valence-electron chi connectivity index (χ1n) is 2.87. The van der Waals surface area contributed by atoms with Crippen LogP contribution in [0.2, 0.25) is 0 Å². The van der Waals surface area contributed by atoms with E-state index in [0.29, 0.717) is 0 Å². The molecule has 0 aliphatic rings. The van der Waals surface area contributed by atoms with Crippen molar-refractivity contribution in [2.45, 2.75) is 6.92 Å². The van der Waals surface area contributed by atoms with Crippen molar-refractivity contribution in [3.8, 4) is 0 Å². The van der Waals surface area contributed by atoms with Gasteiger partial charge in [0.15, 0.2) is 0 Å². The van der Waals surface area contributed by atoms with Gasteiger partial charge < -0.3 is 4.98 Å². The van der Waals surface area contributed by atoms with Crippen molar-refractivity contribution < 1.29 is 26.6 Å². The smallest absolute Gasteiger partial charge is 0.0149 e. The molecule has 0 aliphatic heterocycles. The van der Waals surface area contributed by atoms with E-state index in [1.807, 2.05) is 6.92 Å². The number of halogens is 6. The van der Waals surface area contributed by atoms with Crippen LogP contribution in [-0.2, 0) is 0 Å². The molecule has 1 rings (SSSR count). The normalized spacial score (nSPS) is 15.4. The number of aryl methyl sites for hydroxylation is 1. The number of hydrogen-bond donors (Lipinski definition) is 1. The average molecular weight is 260 g/mol. The molecule has 0 aliphatic carbocycles. The third-order valence-corrected chi connectivity index (χ3v) is 0.635. The van der Waals surface area contributed by atoms with Crippen LogP contribution in [0.1, 0.15) is 7.25 Å². The van der Waals surface area contributed by atoms with E-state index in [4.69, 9.17) is 0 Å². The molecule has 1 heterocycles. The minimum absolute atomic E-state index is 0. The van der Waals surface area contributed by atoms with Crippen molar-refractivity contribution in [2.24, 2.45) is 0 Å². The molecule has 0 aromatic carbocycles. The van der Waals surface area contributed by atoms with Crippen molar-refractivity contribution >= 4 is 18.8 Å². The van der Waals surface area contributed by atoms with E-state index in [-0.39, 0.29) is 12.4 Å². The number of aromatic amines is 1. The Morgan fingerprint density at radius 3 is 1.64 bits per heavy atom. The molecule has 0 spiro atoms. The molecule has 2 nitrogen and oxygen atoms in total. The van der Waals surface area contributed by atoms with E-state index in [9.17, 15) is 25.2 Å². The van der Waals surface area contributed by atoms with Crippen LogP contribution in [-0.4, -0.2) is 20.9 Å². The molecule has 0 saturated carbocycles. The summed E-state index contributed by atoms with van der Waals surface area (Å²) in [5, 5.41) is 0. The van der Waals surface area contributed by atoms with Gasteiger partial charge in [0, 0.05) is 12.4 Å². The molecule has 0 saturated heterocycles. The zero-order chi connectivity index (χ0) is 10.8. The van der Waals surface area contributed by atoms with Crippen molar-refractivity contribution in [1.29, 1.82) is 0 Å². The van der Waals surface area contributed by atoms with E-state index in [2.05, 4.69) is 9.97 Å². The number of H-pyrrole nitrogens is 1. The van der Waals surface area contributed by atoms with Crippen LogP contribution in [0.15, 0.2) is 12.4 Å². The zero-order valence-electron chi connectivity index (χ0n) is 7.32. The fraction of sp³-hybridized carbons (Fsp3) is 0.250. The summed E-state index contributed by atoms with van der Waals surface area (Å²) in [5.74, 6) is 0.968. The second kappa shape index (κ2) is 3.54. The van der Waals surface area contributed by atoms with Gasteiger partial charge in [-0.1, -0.05) is 0 Å².